The molecule has 0 unspecified atom stereocenters. The number of carboxylic acids is 2. The summed E-state index contributed by atoms with van der Waals surface area (Å²) in [4.78, 5) is 53.9. The number of hydrogen-bond acceptors (Lipinski definition) is 9. The molecule has 0 bridgehead atoms. The largest absolute Gasteiger partial charge is 0.473 e. The van der Waals surface area contributed by atoms with Gasteiger partial charge in [-0.15, -0.1) is 0 Å². The topological polar surface area (TPSA) is 188 Å². The molecule has 0 fully saturated rings. The number of fused-ring (bicyclic) bond motifs is 1. The fourth-order valence-electron chi connectivity index (χ4n) is 3.65. The molecule has 2 aromatic heterocycles. The van der Waals surface area contributed by atoms with Crippen LogP contribution in [0, 0.1) is 11.3 Å². The number of aromatic nitrogens is 3. The van der Waals surface area contributed by atoms with Crippen molar-refractivity contribution in [2.24, 2.45) is 6.98 Å². The van der Waals surface area contributed by atoms with E-state index < -0.39 is 30.8 Å². The molecular weight excluding hydrogens is 544 g/mol. The number of nitriles is 1. The number of benzene rings is 2. The van der Waals surface area contributed by atoms with Gasteiger partial charge in [0, 0.05) is 35.1 Å². The highest BCUT2D eigenvalue weighted by atomic mass is 16.5. The molecule has 4 rings (SSSR count). The first-order valence-electron chi connectivity index (χ1n) is 14.0. The number of carboxylic acid groups (broad SMARTS) is 2. The Balaban J connectivity index is 0.000000838. The Morgan fingerprint density at radius 3 is 2.43 bits per heavy atom. The number of carbonyl (C=O) groups excluding carboxylic acids is 2. The van der Waals surface area contributed by atoms with E-state index in [1.165, 1.54) is 17.0 Å². The number of anilines is 2. The number of carbonyl (C=O) groups is 4. The van der Waals surface area contributed by atoms with Crippen molar-refractivity contribution in [3.05, 3.63) is 83.8 Å². The number of nitrogens with zero attached hydrogens (tertiary/aromatic N) is 5. The number of rotatable bonds is 9. The van der Waals surface area contributed by atoms with Crippen LogP contribution in [0.25, 0.3) is 11.0 Å². The summed E-state index contributed by atoms with van der Waals surface area (Å²) in [5.74, 6) is -3.88. The molecule has 216 valence electrons. The van der Waals surface area contributed by atoms with Crippen LogP contribution in [0.1, 0.15) is 39.2 Å². The summed E-state index contributed by atoms with van der Waals surface area (Å²) in [6.45, 7) is -0.414. The predicted octanol–water partition coefficient (Wildman–Crippen LogP) is 3.21. The van der Waals surface area contributed by atoms with Crippen LogP contribution >= 0.6 is 0 Å². The number of aryl methyl sites for hydroxylation is 1. The molecule has 0 aliphatic rings. The minimum atomic E-state index is -2.51. The van der Waals surface area contributed by atoms with Gasteiger partial charge in [-0.2, -0.15) is 5.26 Å². The summed E-state index contributed by atoms with van der Waals surface area (Å²) >= 11 is 0. The molecular formula is C29H28N6O7. The number of amides is 1. The van der Waals surface area contributed by atoms with Gasteiger partial charge in [-0.25, -0.2) is 19.6 Å². The molecule has 2 aromatic carbocycles. The fraction of sp³-hybridized carbons (Fsp3) is 0.207. The van der Waals surface area contributed by atoms with Gasteiger partial charge in [0.25, 0.3) is 5.91 Å². The SMILES string of the molecule is O=C(O)C(=O)O.[2H]C([2H])([2H])n1c(CNc2ccc(C#N)cc2)nc2cc(C(=O)N(CCC(=O)OCC)c3ccccn3)ccc21. The second-order valence-electron chi connectivity index (χ2n) is 8.42. The van der Waals surface area contributed by atoms with E-state index in [1.807, 2.05) is 6.07 Å². The summed E-state index contributed by atoms with van der Waals surface area (Å²) < 4.78 is 30.3. The molecule has 13 nitrogen and oxygen atoms in total. The number of esters is 1. The van der Waals surface area contributed by atoms with Crippen molar-refractivity contribution in [1.29, 1.82) is 5.26 Å². The number of imidazole rings is 1. The number of ether oxygens (including phenoxy) is 1. The highest BCUT2D eigenvalue weighted by molar-refractivity contribution is 6.27. The maximum absolute atomic E-state index is 13.6. The second kappa shape index (κ2) is 14.6. The van der Waals surface area contributed by atoms with E-state index in [1.54, 1.807) is 61.7 Å². The quantitative estimate of drug-likeness (QED) is 0.196. The van der Waals surface area contributed by atoms with Crippen molar-refractivity contribution >= 4 is 46.4 Å². The van der Waals surface area contributed by atoms with Crippen molar-refractivity contribution in [2.45, 2.75) is 19.9 Å². The van der Waals surface area contributed by atoms with Crippen molar-refractivity contribution in [3.8, 4) is 6.07 Å². The number of aliphatic carboxylic acids is 2. The Bertz CT molecular complexity index is 1710. The van der Waals surface area contributed by atoms with Crippen LogP contribution < -0.4 is 10.2 Å². The Morgan fingerprint density at radius 2 is 1.83 bits per heavy atom. The minimum absolute atomic E-state index is 0.0166. The molecule has 2 heterocycles. The maximum Gasteiger partial charge on any atom is 0.414 e. The summed E-state index contributed by atoms with van der Waals surface area (Å²) in [7, 11) is 0. The average Bonchev–Trinajstić information content (AvgIpc) is 3.39. The van der Waals surface area contributed by atoms with Crippen LogP contribution in [0.4, 0.5) is 11.5 Å². The van der Waals surface area contributed by atoms with Gasteiger partial charge >= 0.3 is 17.9 Å². The maximum atomic E-state index is 13.6. The van der Waals surface area contributed by atoms with Gasteiger partial charge in [-0.1, -0.05) is 6.07 Å². The van der Waals surface area contributed by atoms with E-state index in [-0.39, 0.29) is 37.5 Å². The summed E-state index contributed by atoms with van der Waals surface area (Å²) in [6.07, 6.45) is 1.53. The van der Waals surface area contributed by atoms with E-state index in [0.29, 0.717) is 28.1 Å². The van der Waals surface area contributed by atoms with E-state index in [4.69, 9.17) is 33.9 Å². The highest BCUT2D eigenvalue weighted by Crippen LogP contribution is 2.21. The van der Waals surface area contributed by atoms with Gasteiger partial charge in [0.2, 0.25) is 0 Å². The van der Waals surface area contributed by atoms with Crippen LogP contribution in [0.5, 0.6) is 0 Å². The summed E-state index contributed by atoms with van der Waals surface area (Å²) in [6, 6.07) is 18.5. The lowest BCUT2D eigenvalue weighted by atomic mass is 10.1. The van der Waals surface area contributed by atoms with Gasteiger partial charge in [-0.3, -0.25) is 14.5 Å². The molecule has 0 spiro atoms. The van der Waals surface area contributed by atoms with E-state index in [9.17, 15) is 9.59 Å². The first-order chi connectivity index (χ1) is 21.3. The van der Waals surface area contributed by atoms with Crippen LogP contribution in [0.15, 0.2) is 66.9 Å². The smallest absolute Gasteiger partial charge is 0.414 e. The van der Waals surface area contributed by atoms with Gasteiger partial charge in [0.15, 0.2) is 0 Å². The lowest BCUT2D eigenvalue weighted by molar-refractivity contribution is -0.159. The summed E-state index contributed by atoms with van der Waals surface area (Å²) in [5, 5.41) is 26.9. The van der Waals surface area contributed by atoms with Crippen LogP contribution in [0.3, 0.4) is 0 Å². The molecule has 0 aliphatic heterocycles. The van der Waals surface area contributed by atoms with Crippen LogP contribution in [-0.2, 0) is 32.6 Å². The predicted molar refractivity (Wildman–Crippen MR) is 152 cm³/mol. The normalized spacial score (nSPS) is 11.5. The molecule has 0 atom stereocenters. The van der Waals surface area contributed by atoms with E-state index in [0.717, 1.165) is 4.57 Å². The zero-order valence-corrected chi connectivity index (χ0v) is 22.4. The Morgan fingerprint density at radius 1 is 1.10 bits per heavy atom. The molecule has 13 heteroatoms. The lowest BCUT2D eigenvalue weighted by Crippen LogP contribution is -2.34. The van der Waals surface area contributed by atoms with Gasteiger partial charge in [0.1, 0.15) is 11.6 Å². The average molecular weight is 576 g/mol. The van der Waals surface area contributed by atoms with Crippen molar-refractivity contribution in [3.63, 3.8) is 0 Å². The molecule has 0 aliphatic carbocycles. The standard InChI is InChI=1S/C27H26N6O3.C2H2O4/c1-3-36-26(34)13-15-33(24-6-4-5-14-29-24)27(35)20-9-12-23-22(16-20)31-25(32(23)2)18-30-21-10-7-19(17-28)8-11-21;3-1(4)2(5)6/h4-12,14,16,30H,3,13,15,18H2,1-2H3;(H,3,4)(H,5,6)/i2D3;. The molecule has 42 heavy (non-hydrogen) atoms. The second-order valence-corrected chi connectivity index (χ2v) is 8.42. The van der Waals surface area contributed by atoms with E-state index >= 15 is 0 Å². The van der Waals surface area contributed by atoms with Gasteiger partial charge in [0.05, 0.1) is 42.2 Å². The zero-order chi connectivity index (χ0) is 33.1. The Hall–Kier alpha value is -5.77. The van der Waals surface area contributed by atoms with E-state index in [2.05, 4.69) is 15.3 Å². The first-order valence-corrected chi connectivity index (χ1v) is 12.5. The number of pyridine rings is 1. The third kappa shape index (κ3) is 8.12. The third-order valence-corrected chi connectivity index (χ3v) is 5.63. The molecule has 4 aromatic rings. The monoisotopic (exact) mass is 575 g/mol. The Kier molecular flexibility index (Phi) is 9.18. The highest BCUT2D eigenvalue weighted by Gasteiger charge is 2.21. The minimum Gasteiger partial charge on any atom is -0.473 e. The third-order valence-electron chi connectivity index (χ3n) is 5.63. The lowest BCUT2D eigenvalue weighted by Gasteiger charge is -2.21. The van der Waals surface area contributed by atoms with Crippen molar-refractivity contribution < 1.29 is 38.2 Å². The van der Waals surface area contributed by atoms with Crippen molar-refractivity contribution in [2.75, 3.05) is 23.4 Å². The van der Waals surface area contributed by atoms with Gasteiger partial charge in [-0.05, 0) is 61.5 Å². The Labute approximate surface area is 244 Å². The molecule has 0 radical (unpaired) electrons. The number of nitrogens with one attached hydrogen (secondary N) is 1. The first kappa shape index (κ1) is 26.5. The van der Waals surface area contributed by atoms with Crippen molar-refractivity contribution in [1.82, 2.24) is 14.5 Å². The van der Waals surface area contributed by atoms with Crippen LogP contribution in [-0.4, -0.2) is 61.7 Å². The van der Waals surface area contributed by atoms with Crippen LogP contribution in [0.2, 0.25) is 0 Å². The molecule has 3 N–H and O–H groups in total. The summed E-state index contributed by atoms with van der Waals surface area (Å²) in [5.41, 5.74) is 2.15. The van der Waals surface area contributed by atoms with Gasteiger partial charge < -0.3 is 24.8 Å². The fourth-order valence-corrected chi connectivity index (χ4v) is 3.65. The molecule has 1 amide bonds. The molecule has 0 saturated carbocycles. The zero-order valence-electron chi connectivity index (χ0n) is 25.4. The molecule has 0 saturated heterocycles. The number of hydrogen-bond donors (Lipinski definition) is 3.